The minimum Gasteiger partial charge on any atom is -0.314 e. The fraction of sp³-hybridized carbons (Fsp3) is 0.538. The SMILES string of the molecule is C[C@H](CCn1cccn1)NCCCn1cc(Cl)cn1. The van der Waals surface area contributed by atoms with E-state index >= 15 is 0 Å². The van der Waals surface area contributed by atoms with Gasteiger partial charge in [0.05, 0.1) is 11.2 Å². The van der Waals surface area contributed by atoms with E-state index in [4.69, 9.17) is 11.6 Å². The Morgan fingerprint density at radius 3 is 2.89 bits per heavy atom. The molecule has 0 aromatic carbocycles. The standard InChI is InChI=1S/C13H20ClN5/c1-12(4-9-18-7-3-6-16-18)15-5-2-8-19-11-13(14)10-17-19/h3,6-7,10-12,15H,2,4-5,8-9H2,1H3/t12-/m1/s1. The predicted octanol–water partition coefficient (Wildman–Crippen LogP) is 2.19. The van der Waals surface area contributed by atoms with E-state index in [0.717, 1.165) is 32.5 Å². The van der Waals surface area contributed by atoms with Crippen molar-refractivity contribution in [3.63, 3.8) is 0 Å². The average molecular weight is 282 g/mol. The van der Waals surface area contributed by atoms with Crippen LogP contribution in [0, 0.1) is 0 Å². The van der Waals surface area contributed by atoms with Crippen LogP contribution >= 0.6 is 11.6 Å². The van der Waals surface area contributed by atoms with Gasteiger partial charge in [-0.05, 0) is 32.4 Å². The lowest BCUT2D eigenvalue weighted by Crippen LogP contribution is -2.28. The minimum absolute atomic E-state index is 0.491. The molecule has 5 nitrogen and oxygen atoms in total. The van der Waals surface area contributed by atoms with Gasteiger partial charge >= 0.3 is 0 Å². The molecule has 0 saturated carbocycles. The highest BCUT2D eigenvalue weighted by atomic mass is 35.5. The molecule has 0 unspecified atom stereocenters. The van der Waals surface area contributed by atoms with Crippen LogP contribution < -0.4 is 5.32 Å². The van der Waals surface area contributed by atoms with E-state index in [1.54, 1.807) is 6.20 Å². The summed E-state index contributed by atoms with van der Waals surface area (Å²) in [5, 5.41) is 12.5. The summed E-state index contributed by atoms with van der Waals surface area (Å²) in [6.45, 7) is 5.04. The normalized spacial score (nSPS) is 12.7. The first-order valence-electron chi connectivity index (χ1n) is 6.63. The molecule has 0 aliphatic heterocycles. The number of nitrogens with zero attached hydrogens (tertiary/aromatic N) is 4. The first kappa shape index (κ1) is 14.1. The largest absolute Gasteiger partial charge is 0.314 e. The van der Waals surface area contributed by atoms with E-state index in [2.05, 4.69) is 22.4 Å². The number of hydrogen-bond acceptors (Lipinski definition) is 3. The van der Waals surface area contributed by atoms with Crippen LogP contribution in [0.15, 0.2) is 30.9 Å². The smallest absolute Gasteiger partial charge is 0.0785 e. The Kier molecular flexibility index (Phi) is 5.42. The molecule has 2 heterocycles. The van der Waals surface area contributed by atoms with Gasteiger partial charge in [0, 0.05) is 37.7 Å². The van der Waals surface area contributed by atoms with Crippen LogP contribution in [-0.2, 0) is 13.1 Å². The van der Waals surface area contributed by atoms with E-state index in [0.29, 0.717) is 11.1 Å². The van der Waals surface area contributed by atoms with Crippen LogP contribution in [-0.4, -0.2) is 32.1 Å². The van der Waals surface area contributed by atoms with Crippen molar-refractivity contribution in [1.82, 2.24) is 24.9 Å². The summed E-state index contributed by atoms with van der Waals surface area (Å²) < 4.78 is 3.84. The quantitative estimate of drug-likeness (QED) is 0.755. The maximum absolute atomic E-state index is 5.81. The lowest BCUT2D eigenvalue weighted by Gasteiger charge is -2.13. The maximum atomic E-state index is 5.81. The van der Waals surface area contributed by atoms with Gasteiger partial charge in [0.25, 0.3) is 0 Å². The minimum atomic E-state index is 0.491. The van der Waals surface area contributed by atoms with E-state index in [9.17, 15) is 0 Å². The summed E-state index contributed by atoms with van der Waals surface area (Å²) >= 11 is 5.81. The fourth-order valence-corrected chi connectivity index (χ4v) is 2.07. The highest BCUT2D eigenvalue weighted by Gasteiger charge is 2.02. The molecule has 0 aliphatic carbocycles. The molecule has 0 aliphatic rings. The third kappa shape index (κ3) is 5.04. The van der Waals surface area contributed by atoms with Gasteiger partial charge in [0.1, 0.15) is 0 Å². The average Bonchev–Trinajstić information content (AvgIpc) is 3.04. The monoisotopic (exact) mass is 281 g/mol. The fourth-order valence-electron chi connectivity index (χ4n) is 1.91. The topological polar surface area (TPSA) is 47.7 Å². The first-order valence-corrected chi connectivity index (χ1v) is 7.00. The van der Waals surface area contributed by atoms with Crippen LogP contribution in [0.25, 0.3) is 0 Å². The number of rotatable bonds is 8. The van der Waals surface area contributed by atoms with Crippen molar-refractivity contribution in [2.75, 3.05) is 6.54 Å². The van der Waals surface area contributed by atoms with Gasteiger partial charge in [-0.3, -0.25) is 9.36 Å². The van der Waals surface area contributed by atoms with Crippen molar-refractivity contribution >= 4 is 11.6 Å². The van der Waals surface area contributed by atoms with Gasteiger partial charge in [-0.1, -0.05) is 11.6 Å². The van der Waals surface area contributed by atoms with Crippen LogP contribution in [0.3, 0.4) is 0 Å². The second kappa shape index (κ2) is 7.31. The van der Waals surface area contributed by atoms with Gasteiger partial charge in [0.2, 0.25) is 0 Å². The van der Waals surface area contributed by atoms with Crippen molar-refractivity contribution in [1.29, 1.82) is 0 Å². The van der Waals surface area contributed by atoms with E-state index in [1.165, 1.54) is 0 Å². The van der Waals surface area contributed by atoms with Crippen molar-refractivity contribution < 1.29 is 0 Å². The number of aryl methyl sites for hydroxylation is 2. The first-order chi connectivity index (χ1) is 9.24. The molecule has 0 bridgehead atoms. The maximum Gasteiger partial charge on any atom is 0.0785 e. The Bertz CT molecular complexity index is 465. The molecule has 104 valence electrons. The molecule has 0 fully saturated rings. The molecular weight excluding hydrogens is 262 g/mol. The third-order valence-corrected chi connectivity index (χ3v) is 3.20. The molecule has 6 heteroatoms. The molecule has 1 N–H and O–H groups in total. The second-order valence-corrected chi connectivity index (χ2v) is 5.12. The zero-order valence-electron chi connectivity index (χ0n) is 11.2. The highest BCUT2D eigenvalue weighted by Crippen LogP contribution is 2.04. The lowest BCUT2D eigenvalue weighted by molar-refractivity contribution is 0.443. The van der Waals surface area contributed by atoms with Crippen LogP contribution in [0.4, 0.5) is 0 Å². The summed E-state index contributed by atoms with van der Waals surface area (Å²) in [7, 11) is 0. The van der Waals surface area contributed by atoms with Crippen molar-refractivity contribution in [3.8, 4) is 0 Å². The summed E-state index contributed by atoms with van der Waals surface area (Å²) in [4.78, 5) is 0. The molecule has 1 atom stereocenters. The molecule has 2 rings (SSSR count). The predicted molar refractivity (Wildman–Crippen MR) is 76.2 cm³/mol. The summed E-state index contributed by atoms with van der Waals surface area (Å²) in [6.07, 6.45) is 9.45. The molecule has 0 amide bonds. The van der Waals surface area contributed by atoms with Gasteiger partial charge < -0.3 is 5.32 Å². The molecule has 0 radical (unpaired) electrons. The third-order valence-electron chi connectivity index (χ3n) is 3.01. The summed E-state index contributed by atoms with van der Waals surface area (Å²) in [5.74, 6) is 0. The number of aromatic nitrogens is 4. The Hall–Kier alpha value is -1.33. The zero-order chi connectivity index (χ0) is 13.5. The van der Waals surface area contributed by atoms with Crippen LogP contribution in [0.2, 0.25) is 5.02 Å². The Morgan fingerprint density at radius 1 is 1.32 bits per heavy atom. The van der Waals surface area contributed by atoms with Gasteiger partial charge in [0.15, 0.2) is 0 Å². The molecule has 0 saturated heterocycles. The zero-order valence-corrected chi connectivity index (χ0v) is 11.9. The molecular formula is C13H20ClN5. The van der Waals surface area contributed by atoms with Gasteiger partial charge in [-0.15, -0.1) is 0 Å². The number of hydrogen-bond donors (Lipinski definition) is 1. The summed E-state index contributed by atoms with van der Waals surface area (Å²) in [5.41, 5.74) is 0. The Morgan fingerprint density at radius 2 is 2.21 bits per heavy atom. The second-order valence-electron chi connectivity index (χ2n) is 4.69. The summed E-state index contributed by atoms with van der Waals surface area (Å²) in [6, 6.07) is 2.44. The highest BCUT2D eigenvalue weighted by molar-refractivity contribution is 6.30. The van der Waals surface area contributed by atoms with E-state index in [1.807, 2.05) is 34.0 Å². The molecule has 2 aromatic heterocycles. The van der Waals surface area contributed by atoms with Crippen molar-refractivity contribution in [3.05, 3.63) is 35.9 Å². The Balaban J connectivity index is 1.55. The van der Waals surface area contributed by atoms with Crippen LogP contribution in [0.1, 0.15) is 19.8 Å². The van der Waals surface area contributed by atoms with E-state index in [-0.39, 0.29) is 0 Å². The molecule has 2 aromatic rings. The van der Waals surface area contributed by atoms with Crippen molar-refractivity contribution in [2.24, 2.45) is 0 Å². The van der Waals surface area contributed by atoms with Gasteiger partial charge in [-0.25, -0.2) is 0 Å². The number of halogens is 1. The van der Waals surface area contributed by atoms with E-state index < -0.39 is 0 Å². The van der Waals surface area contributed by atoms with Gasteiger partial charge in [-0.2, -0.15) is 10.2 Å². The van der Waals surface area contributed by atoms with Crippen molar-refractivity contribution in [2.45, 2.75) is 38.9 Å². The lowest BCUT2D eigenvalue weighted by atomic mass is 10.2. The van der Waals surface area contributed by atoms with Crippen LogP contribution in [0.5, 0.6) is 0 Å². The molecule has 19 heavy (non-hydrogen) atoms. The number of nitrogens with one attached hydrogen (secondary N) is 1. The molecule has 0 spiro atoms. The Labute approximate surface area is 118 Å².